The van der Waals surface area contributed by atoms with Gasteiger partial charge in [-0.1, -0.05) is 32.1 Å². The van der Waals surface area contributed by atoms with Crippen molar-refractivity contribution < 1.29 is 9.90 Å². The fourth-order valence-corrected chi connectivity index (χ4v) is 2.95. The molecule has 0 aromatic heterocycles. The Bertz CT molecular complexity index is 279. The number of carbonyl (C=O) groups is 1. The lowest BCUT2D eigenvalue weighted by atomic mass is 9.87. The van der Waals surface area contributed by atoms with Crippen LogP contribution in [0.2, 0.25) is 0 Å². The molecule has 1 fully saturated rings. The summed E-state index contributed by atoms with van der Waals surface area (Å²) in [6.07, 6.45) is 8.67. The Morgan fingerprint density at radius 1 is 1.14 bits per heavy atom. The van der Waals surface area contributed by atoms with E-state index in [1.807, 2.05) is 14.1 Å². The third-order valence-electron chi connectivity index (χ3n) is 4.25. The van der Waals surface area contributed by atoms with Crippen molar-refractivity contribution in [3.63, 3.8) is 0 Å². The summed E-state index contributed by atoms with van der Waals surface area (Å²) in [5.74, 6) is 0.765. The number of aliphatic hydroxyl groups excluding tert-OH is 1. The fourth-order valence-electron chi connectivity index (χ4n) is 2.95. The van der Waals surface area contributed by atoms with Gasteiger partial charge in [0.25, 0.3) is 0 Å². The van der Waals surface area contributed by atoms with E-state index >= 15 is 0 Å². The van der Waals surface area contributed by atoms with E-state index in [-0.39, 0.29) is 12.6 Å². The van der Waals surface area contributed by atoms with Gasteiger partial charge in [-0.05, 0) is 39.4 Å². The standard InChI is InChI=1S/C16H33N3O2/c1-18(2)11-6-10-17-16(21)19(13-14-20)12-9-15-7-4-3-5-8-15/h15,20H,3-14H2,1-2H3,(H,17,21). The van der Waals surface area contributed by atoms with E-state index in [4.69, 9.17) is 5.11 Å². The minimum absolute atomic E-state index is 0.0291. The molecule has 0 spiro atoms. The van der Waals surface area contributed by atoms with E-state index in [2.05, 4.69) is 10.2 Å². The summed E-state index contributed by atoms with van der Waals surface area (Å²) < 4.78 is 0. The lowest BCUT2D eigenvalue weighted by Crippen LogP contribution is -2.43. The number of rotatable bonds is 9. The molecule has 5 heteroatoms. The highest BCUT2D eigenvalue weighted by Gasteiger charge is 2.17. The Hall–Kier alpha value is -0.810. The van der Waals surface area contributed by atoms with E-state index in [1.165, 1.54) is 32.1 Å². The number of nitrogens with one attached hydrogen (secondary N) is 1. The maximum absolute atomic E-state index is 12.1. The molecule has 1 aliphatic carbocycles. The van der Waals surface area contributed by atoms with Gasteiger partial charge in [0.15, 0.2) is 0 Å². The van der Waals surface area contributed by atoms with Crippen molar-refractivity contribution in [1.82, 2.24) is 15.1 Å². The second kappa shape index (κ2) is 10.9. The van der Waals surface area contributed by atoms with Gasteiger partial charge in [0.05, 0.1) is 6.61 Å². The van der Waals surface area contributed by atoms with E-state index in [1.54, 1.807) is 4.90 Å². The van der Waals surface area contributed by atoms with Crippen molar-refractivity contribution in [3.8, 4) is 0 Å². The Morgan fingerprint density at radius 3 is 2.48 bits per heavy atom. The first-order chi connectivity index (χ1) is 10.1. The normalized spacial score (nSPS) is 16.2. The SMILES string of the molecule is CN(C)CCCNC(=O)N(CCO)CCC1CCCCC1. The van der Waals surface area contributed by atoms with E-state index in [0.29, 0.717) is 13.1 Å². The van der Waals surface area contributed by atoms with Crippen molar-refractivity contribution >= 4 is 6.03 Å². The molecule has 0 saturated heterocycles. The molecule has 0 radical (unpaired) electrons. The lowest BCUT2D eigenvalue weighted by molar-refractivity contribution is 0.169. The molecule has 0 unspecified atom stereocenters. The molecule has 0 bridgehead atoms. The first-order valence-electron chi connectivity index (χ1n) is 8.42. The summed E-state index contributed by atoms with van der Waals surface area (Å²) in [6, 6.07) is -0.0291. The zero-order chi connectivity index (χ0) is 15.5. The zero-order valence-electron chi connectivity index (χ0n) is 13.8. The molecule has 0 heterocycles. The summed E-state index contributed by atoms with van der Waals surface area (Å²) in [7, 11) is 4.06. The molecule has 0 aromatic carbocycles. The molecular weight excluding hydrogens is 266 g/mol. The van der Waals surface area contributed by atoms with Gasteiger partial charge in [-0.2, -0.15) is 0 Å². The van der Waals surface area contributed by atoms with Crippen LogP contribution in [0.25, 0.3) is 0 Å². The Balaban J connectivity index is 2.24. The number of nitrogens with zero attached hydrogens (tertiary/aromatic N) is 2. The van der Waals surface area contributed by atoms with Crippen LogP contribution in [-0.4, -0.2) is 67.8 Å². The van der Waals surface area contributed by atoms with Crippen LogP contribution in [0, 0.1) is 5.92 Å². The topological polar surface area (TPSA) is 55.8 Å². The summed E-state index contributed by atoms with van der Waals surface area (Å²) in [6.45, 7) is 2.91. The lowest BCUT2D eigenvalue weighted by Gasteiger charge is -2.27. The molecular formula is C16H33N3O2. The van der Waals surface area contributed by atoms with Crippen LogP contribution in [0.3, 0.4) is 0 Å². The molecule has 1 aliphatic rings. The van der Waals surface area contributed by atoms with Gasteiger partial charge in [-0.15, -0.1) is 0 Å². The molecule has 5 nitrogen and oxygen atoms in total. The average molecular weight is 299 g/mol. The van der Waals surface area contributed by atoms with Crippen molar-refractivity contribution in [3.05, 3.63) is 0 Å². The maximum atomic E-state index is 12.1. The van der Waals surface area contributed by atoms with Crippen molar-refractivity contribution in [2.75, 3.05) is 46.9 Å². The van der Waals surface area contributed by atoms with Crippen LogP contribution >= 0.6 is 0 Å². The molecule has 1 rings (SSSR count). The van der Waals surface area contributed by atoms with Gasteiger partial charge in [0, 0.05) is 19.6 Å². The molecule has 0 aromatic rings. The van der Waals surface area contributed by atoms with Crippen LogP contribution in [0.15, 0.2) is 0 Å². The van der Waals surface area contributed by atoms with Crippen molar-refractivity contribution in [1.29, 1.82) is 0 Å². The van der Waals surface area contributed by atoms with Gasteiger partial charge in [0.2, 0.25) is 0 Å². The van der Waals surface area contributed by atoms with Crippen LogP contribution in [0.5, 0.6) is 0 Å². The summed E-state index contributed by atoms with van der Waals surface area (Å²) >= 11 is 0. The largest absolute Gasteiger partial charge is 0.395 e. The molecule has 124 valence electrons. The minimum atomic E-state index is -0.0291. The fraction of sp³-hybridized carbons (Fsp3) is 0.938. The van der Waals surface area contributed by atoms with E-state index < -0.39 is 0 Å². The number of carbonyl (C=O) groups excluding carboxylic acids is 1. The number of amides is 2. The highest BCUT2D eigenvalue weighted by Crippen LogP contribution is 2.26. The Labute approximate surface area is 129 Å². The van der Waals surface area contributed by atoms with E-state index in [9.17, 15) is 4.79 Å². The highest BCUT2D eigenvalue weighted by molar-refractivity contribution is 5.74. The van der Waals surface area contributed by atoms with Gasteiger partial charge in [-0.3, -0.25) is 0 Å². The monoisotopic (exact) mass is 299 g/mol. The summed E-state index contributed by atoms with van der Waals surface area (Å²) in [5, 5.41) is 12.1. The van der Waals surface area contributed by atoms with Gasteiger partial charge >= 0.3 is 6.03 Å². The summed E-state index contributed by atoms with van der Waals surface area (Å²) in [4.78, 5) is 16.0. The highest BCUT2D eigenvalue weighted by atomic mass is 16.3. The molecule has 1 saturated carbocycles. The number of hydrogen-bond acceptors (Lipinski definition) is 3. The molecule has 21 heavy (non-hydrogen) atoms. The summed E-state index contributed by atoms with van der Waals surface area (Å²) in [5.41, 5.74) is 0. The second-order valence-corrected chi connectivity index (χ2v) is 6.39. The van der Waals surface area contributed by atoms with E-state index in [0.717, 1.165) is 31.8 Å². The number of hydrogen-bond donors (Lipinski definition) is 2. The predicted octanol–water partition coefficient (Wildman–Crippen LogP) is 1.91. The smallest absolute Gasteiger partial charge is 0.317 e. The first kappa shape index (κ1) is 18.2. The molecule has 2 N–H and O–H groups in total. The predicted molar refractivity (Wildman–Crippen MR) is 86.4 cm³/mol. The third kappa shape index (κ3) is 8.27. The first-order valence-corrected chi connectivity index (χ1v) is 8.42. The minimum Gasteiger partial charge on any atom is -0.395 e. The van der Waals surface area contributed by atoms with Crippen LogP contribution in [0.1, 0.15) is 44.9 Å². The van der Waals surface area contributed by atoms with Crippen molar-refractivity contribution in [2.45, 2.75) is 44.9 Å². The van der Waals surface area contributed by atoms with Crippen LogP contribution in [-0.2, 0) is 0 Å². The third-order valence-corrected chi connectivity index (χ3v) is 4.25. The molecule has 2 amide bonds. The van der Waals surface area contributed by atoms with Gasteiger partial charge < -0.3 is 20.2 Å². The molecule has 0 atom stereocenters. The second-order valence-electron chi connectivity index (χ2n) is 6.39. The number of aliphatic hydroxyl groups is 1. The maximum Gasteiger partial charge on any atom is 0.317 e. The quantitative estimate of drug-likeness (QED) is 0.640. The molecule has 0 aliphatic heterocycles. The Kier molecular flexibility index (Phi) is 9.42. The van der Waals surface area contributed by atoms with Crippen LogP contribution in [0.4, 0.5) is 4.79 Å². The Morgan fingerprint density at radius 2 is 1.86 bits per heavy atom. The zero-order valence-corrected chi connectivity index (χ0v) is 13.8. The average Bonchev–Trinajstić information content (AvgIpc) is 2.48. The van der Waals surface area contributed by atoms with Gasteiger partial charge in [0.1, 0.15) is 0 Å². The van der Waals surface area contributed by atoms with Gasteiger partial charge in [-0.25, -0.2) is 4.79 Å². The number of urea groups is 1. The van der Waals surface area contributed by atoms with Crippen LogP contribution < -0.4 is 5.32 Å². The van der Waals surface area contributed by atoms with Crippen molar-refractivity contribution in [2.24, 2.45) is 5.92 Å².